The van der Waals surface area contributed by atoms with E-state index in [1.165, 1.54) is 0 Å². The Balaban J connectivity index is -0.0000000903. The van der Waals surface area contributed by atoms with Crippen molar-refractivity contribution in [1.82, 2.24) is 0 Å². The molecular formula is C17H35O3Zr-. The van der Waals surface area contributed by atoms with Crippen LogP contribution in [0.5, 0.6) is 0 Å². The summed E-state index contributed by atoms with van der Waals surface area (Å²) in [5.41, 5.74) is -1.50. The van der Waals surface area contributed by atoms with E-state index in [9.17, 15) is 0 Å². The molecule has 0 bridgehead atoms. The van der Waals surface area contributed by atoms with E-state index in [0.717, 1.165) is 0 Å². The van der Waals surface area contributed by atoms with Crippen molar-refractivity contribution >= 4 is 0 Å². The van der Waals surface area contributed by atoms with Crippen LogP contribution in [0.25, 0.3) is 0 Å². The van der Waals surface area contributed by atoms with Gasteiger partial charge in [-0.25, -0.2) is 12.1 Å². The quantitative estimate of drug-likeness (QED) is 0.603. The Hall–Kier alpha value is 0.113. The first kappa shape index (κ1) is 29.2. The first-order chi connectivity index (χ1) is 8.50. The zero-order chi connectivity index (χ0) is 17.0. The van der Waals surface area contributed by atoms with Gasteiger partial charge in [-0.1, -0.05) is 0 Å². The Kier molecular flexibility index (Phi) is 19.1. The van der Waals surface area contributed by atoms with Crippen molar-refractivity contribution in [1.29, 1.82) is 0 Å². The van der Waals surface area contributed by atoms with Gasteiger partial charge in [0.15, 0.2) is 0 Å². The first-order valence-corrected chi connectivity index (χ1v) is 6.84. The smallest absolute Gasteiger partial charge is 0.0563 e. The maximum absolute atomic E-state index is 8.52. The fourth-order valence-electron chi connectivity index (χ4n) is 0.321. The number of aliphatic hydroxyl groups is 3. The summed E-state index contributed by atoms with van der Waals surface area (Å²) >= 11 is 0. The molecule has 0 atom stereocenters. The van der Waals surface area contributed by atoms with Gasteiger partial charge in [-0.05, 0) is 62.3 Å². The molecule has 4 heteroatoms. The van der Waals surface area contributed by atoms with Crippen LogP contribution in [0.4, 0.5) is 0 Å². The molecular weight excluding hydrogens is 343 g/mol. The van der Waals surface area contributed by atoms with Gasteiger partial charge in [0.25, 0.3) is 0 Å². The minimum atomic E-state index is -0.500. The van der Waals surface area contributed by atoms with E-state index in [0.29, 0.717) is 0 Å². The van der Waals surface area contributed by atoms with Crippen LogP contribution < -0.4 is 0 Å². The van der Waals surface area contributed by atoms with Crippen molar-refractivity contribution in [2.75, 3.05) is 0 Å². The Morgan fingerprint density at radius 2 is 0.714 bits per heavy atom. The van der Waals surface area contributed by atoms with E-state index >= 15 is 0 Å². The third kappa shape index (κ3) is 252. The van der Waals surface area contributed by atoms with Gasteiger partial charge in [-0.15, -0.1) is 0 Å². The average molecular weight is 379 g/mol. The van der Waals surface area contributed by atoms with E-state index in [1.807, 2.05) is 30.3 Å². The molecule has 0 spiro atoms. The first-order valence-electron chi connectivity index (χ1n) is 6.84. The minimum Gasteiger partial charge on any atom is -0.391 e. The fraction of sp³-hybridized carbons (Fsp3) is 0.706. The van der Waals surface area contributed by atoms with Crippen molar-refractivity contribution < 1.29 is 41.5 Å². The summed E-state index contributed by atoms with van der Waals surface area (Å²) in [6, 6.07) is 10.0. The van der Waals surface area contributed by atoms with Crippen molar-refractivity contribution in [3.05, 3.63) is 30.3 Å². The third-order valence-corrected chi connectivity index (χ3v) is 0.556. The van der Waals surface area contributed by atoms with Crippen LogP contribution in [0, 0.1) is 0 Å². The second kappa shape index (κ2) is 13.8. The predicted octanol–water partition coefficient (Wildman–Crippen LogP) is 3.73. The predicted molar refractivity (Wildman–Crippen MR) is 88.0 cm³/mol. The summed E-state index contributed by atoms with van der Waals surface area (Å²) < 4.78 is 0. The summed E-state index contributed by atoms with van der Waals surface area (Å²) in [6.07, 6.45) is 0. The molecule has 126 valence electrons. The van der Waals surface area contributed by atoms with Crippen molar-refractivity contribution in [2.24, 2.45) is 0 Å². The van der Waals surface area contributed by atoms with Crippen molar-refractivity contribution in [2.45, 2.75) is 79.1 Å². The van der Waals surface area contributed by atoms with Gasteiger partial charge in [-0.2, -0.15) is 18.2 Å². The molecule has 0 aromatic heterocycles. The Bertz CT molecular complexity index is 211. The van der Waals surface area contributed by atoms with Crippen LogP contribution in [0.15, 0.2) is 30.3 Å². The SMILES string of the molecule is CC(C)(C)O.CC(C)(C)O.CC(C)(C)O.[Zr].c1cc[cH-]c1. The summed E-state index contributed by atoms with van der Waals surface area (Å²) in [5, 5.41) is 25.6. The molecule has 0 saturated heterocycles. The molecule has 1 aromatic rings. The molecule has 3 N–H and O–H groups in total. The zero-order valence-corrected chi connectivity index (χ0v) is 17.7. The van der Waals surface area contributed by atoms with E-state index in [-0.39, 0.29) is 26.2 Å². The summed E-state index contributed by atoms with van der Waals surface area (Å²) in [6.45, 7) is 15.7. The molecule has 0 heterocycles. The van der Waals surface area contributed by atoms with Crippen LogP contribution in [-0.2, 0) is 26.2 Å². The maximum atomic E-state index is 8.52. The molecule has 0 aliphatic rings. The zero-order valence-electron chi connectivity index (χ0n) is 15.2. The summed E-state index contributed by atoms with van der Waals surface area (Å²) in [7, 11) is 0. The van der Waals surface area contributed by atoms with Crippen LogP contribution in [0.3, 0.4) is 0 Å². The second-order valence-corrected chi connectivity index (χ2v) is 7.47. The molecule has 1 aromatic carbocycles. The Labute approximate surface area is 150 Å². The van der Waals surface area contributed by atoms with E-state index < -0.39 is 16.8 Å². The standard InChI is InChI=1S/C5H5.3C4H10O.Zr/c1-2-4-5-3-1;3*1-4(2,3)5;/h1-5H;3*5H,1-3H3;/q-1;;;;. The van der Waals surface area contributed by atoms with Gasteiger partial charge < -0.3 is 15.3 Å². The molecule has 0 fully saturated rings. The monoisotopic (exact) mass is 377 g/mol. The summed E-state index contributed by atoms with van der Waals surface area (Å²) in [5.74, 6) is 0. The molecule has 0 unspecified atom stereocenters. The van der Waals surface area contributed by atoms with Crippen LogP contribution in [-0.4, -0.2) is 32.1 Å². The van der Waals surface area contributed by atoms with Gasteiger partial charge in [0.2, 0.25) is 0 Å². The Morgan fingerprint density at radius 1 is 0.571 bits per heavy atom. The van der Waals surface area contributed by atoms with Gasteiger partial charge in [0.1, 0.15) is 0 Å². The molecule has 0 aliphatic heterocycles. The van der Waals surface area contributed by atoms with Crippen molar-refractivity contribution in [3.63, 3.8) is 0 Å². The van der Waals surface area contributed by atoms with E-state index in [1.54, 1.807) is 62.3 Å². The summed E-state index contributed by atoms with van der Waals surface area (Å²) in [4.78, 5) is 0. The van der Waals surface area contributed by atoms with Crippen LogP contribution >= 0.6 is 0 Å². The fourth-order valence-corrected chi connectivity index (χ4v) is 0.321. The number of hydrogen-bond donors (Lipinski definition) is 3. The molecule has 0 saturated carbocycles. The van der Waals surface area contributed by atoms with Crippen LogP contribution in [0.1, 0.15) is 62.3 Å². The van der Waals surface area contributed by atoms with E-state index in [2.05, 4.69) is 0 Å². The van der Waals surface area contributed by atoms with E-state index in [4.69, 9.17) is 15.3 Å². The maximum Gasteiger partial charge on any atom is 0.0563 e. The average Bonchev–Trinajstić information content (AvgIpc) is 2.45. The molecule has 1 rings (SSSR count). The normalized spacial score (nSPS) is 10.5. The topological polar surface area (TPSA) is 60.7 Å². The minimum absolute atomic E-state index is 0. The Morgan fingerprint density at radius 3 is 0.762 bits per heavy atom. The molecule has 0 amide bonds. The molecule has 21 heavy (non-hydrogen) atoms. The molecule has 0 aliphatic carbocycles. The number of rotatable bonds is 0. The second-order valence-electron chi connectivity index (χ2n) is 7.47. The molecule has 0 radical (unpaired) electrons. The van der Waals surface area contributed by atoms with Gasteiger partial charge in [-0.3, -0.25) is 0 Å². The van der Waals surface area contributed by atoms with Gasteiger partial charge >= 0.3 is 0 Å². The molecule has 3 nitrogen and oxygen atoms in total. The third-order valence-electron chi connectivity index (χ3n) is 0.556. The van der Waals surface area contributed by atoms with Crippen molar-refractivity contribution in [3.8, 4) is 0 Å². The largest absolute Gasteiger partial charge is 0.391 e. The van der Waals surface area contributed by atoms with Gasteiger partial charge in [0, 0.05) is 26.2 Å². The van der Waals surface area contributed by atoms with Crippen LogP contribution in [0.2, 0.25) is 0 Å². The van der Waals surface area contributed by atoms with Gasteiger partial charge in [0.05, 0.1) is 16.8 Å². The number of hydrogen-bond acceptors (Lipinski definition) is 3.